The Morgan fingerprint density at radius 2 is 1.71 bits per heavy atom. The second-order valence-electron chi connectivity index (χ2n) is 6.43. The van der Waals surface area contributed by atoms with Crippen LogP contribution >= 0.6 is 0 Å². The van der Waals surface area contributed by atoms with E-state index in [0.717, 1.165) is 19.3 Å². The van der Waals surface area contributed by atoms with Crippen LogP contribution in [0.25, 0.3) is 0 Å². The zero-order chi connectivity index (χ0) is 13.3. The van der Waals surface area contributed by atoms with Crippen LogP contribution in [0.3, 0.4) is 0 Å². The highest BCUT2D eigenvalue weighted by Gasteiger charge is 2.17. The normalized spacial score (nSPS) is 13.7. The predicted molar refractivity (Wildman–Crippen MR) is 75.0 cm³/mol. The van der Waals surface area contributed by atoms with Crippen molar-refractivity contribution in [1.82, 2.24) is 0 Å². The first-order chi connectivity index (χ1) is 7.85. The molecule has 0 aromatic rings. The summed E-state index contributed by atoms with van der Waals surface area (Å²) in [5.74, 6) is 0.346. The molecule has 0 radical (unpaired) electrons. The Labute approximate surface area is 107 Å². The topological polar surface area (TPSA) is 43.1 Å². The summed E-state index contributed by atoms with van der Waals surface area (Å²) in [7, 11) is 0. The molecule has 0 saturated carbocycles. The summed E-state index contributed by atoms with van der Waals surface area (Å²) in [5, 5.41) is 0. The van der Waals surface area contributed by atoms with E-state index < -0.39 is 0 Å². The van der Waals surface area contributed by atoms with E-state index >= 15 is 0 Å². The number of ketones is 1. The van der Waals surface area contributed by atoms with Crippen LogP contribution in [0.2, 0.25) is 0 Å². The van der Waals surface area contributed by atoms with Crippen LogP contribution in [0, 0.1) is 5.41 Å². The molecule has 102 valence electrons. The van der Waals surface area contributed by atoms with Crippen molar-refractivity contribution in [2.24, 2.45) is 11.1 Å². The number of nitrogens with two attached hydrogens (primary N) is 1. The van der Waals surface area contributed by atoms with Crippen LogP contribution in [0.4, 0.5) is 0 Å². The van der Waals surface area contributed by atoms with E-state index in [1.165, 1.54) is 25.7 Å². The first kappa shape index (κ1) is 16.6. The maximum absolute atomic E-state index is 11.7. The molecular formula is C15H31NO. The summed E-state index contributed by atoms with van der Waals surface area (Å²) in [5.41, 5.74) is 6.21. The van der Waals surface area contributed by atoms with Crippen LogP contribution in [-0.4, -0.2) is 11.8 Å². The third kappa shape index (κ3) is 11.9. The molecule has 0 spiro atoms. The molecule has 2 heteroatoms. The molecule has 2 N–H and O–H groups in total. The molecule has 0 bridgehead atoms. The largest absolute Gasteiger partial charge is 0.327 e. The van der Waals surface area contributed by atoms with Crippen LogP contribution in [0.15, 0.2) is 0 Å². The van der Waals surface area contributed by atoms with E-state index in [4.69, 9.17) is 5.73 Å². The van der Waals surface area contributed by atoms with E-state index in [1.807, 2.05) is 0 Å². The van der Waals surface area contributed by atoms with Gasteiger partial charge in [-0.2, -0.15) is 0 Å². The molecule has 2 nitrogen and oxygen atoms in total. The Hall–Kier alpha value is -0.370. The van der Waals surface area contributed by atoms with Crippen LogP contribution < -0.4 is 5.73 Å². The van der Waals surface area contributed by atoms with Crippen LogP contribution in [-0.2, 0) is 4.79 Å². The van der Waals surface area contributed by atoms with Gasteiger partial charge in [0.25, 0.3) is 0 Å². The number of hydrogen-bond donors (Lipinski definition) is 1. The van der Waals surface area contributed by atoms with Gasteiger partial charge in [0.2, 0.25) is 0 Å². The minimum absolute atomic E-state index is 0.0399. The first-order valence-electron chi connectivity index (χ1n) is 7.12. The van der Waals surface area contributed by atoms with Gasteiger partial charge in [0.05, 0.1) is 0 Å². The Morgan fingerprint density at radius 3 is 2.24 bits per heavy atom. The van der Waals surface area contributed by atoms with Gasteiger partial charge in [-0.05, 0) is 18.3 Å². The lowest BCUT2D eigenvalue weighted by Crippen LogP contribution is -2.28. The van der Waals surface area contributed by atoms with E-state index in [1.54, 1.807) is 0 Å². The summed E-state index contributed by atoms with van der Waals surface area (Å²) in [6, 6.07) is 0.0399. The standard InChI is InChI=1S/C15H31NO/c1-5-6-7-8-9-10-14(17)11-13(16)12-15(2,3)4/h13H,5-12,16H2,1-4H3. The van der Waals surface area contributed by atoms with Crippen molar-refractivity contribution in [3.8, 4) is 0 Å². The molecule has 0 saturated heterocycles. The minimum Gasteiger partial charge on any atom is -0.327 e. The molecule has 1 atom stereocenters. The third-order valence-electron chi connectivity index (χ3n) is 2.92. The molecule has 0 aliphatic rings. The van der Waals surface area contributed by atoms with E-state index in [-0.39, 0.29) is 11.5 Å². The number of carbonyl (C=O) groups excluding carboxylic acids is 1. The maximum Gasteiger partial charge on any atom is 0.134 e. The number of hydrogen-bond acceptors (Lipinski definition) is 2. The minimum atomic E-state index is 0.0399. The van der Waals surface area contributed by atoms with Gasteiger partial charge >= 0.3 is 0 Å². The summed E-state index contributed by atoms with van der Waals surface area (Å²) >= 11 is 0. The van der Waals surface area contributed by atoms with Gasteiger partial charge in [-0.15, -0.1) is 0 Å². The zero-order valence-electron chi connectivity index (χ0n) is 12.2. The fraction of sp³-hybridized carbons (Fsp3) is 0.933. The number of rotatable bonds is 9. The summed E-state index contributed by atoms with van der Waals surface area (Å²) in [4.78, 5) is 11.7. The molecule has 0 amide bonds. The Kier molecular flexibility index (Phi) is 8.49. The second-order valence-corrected chi connectivity index (χ2v) is 6.43. The molecule has 0 aliphatic heterocycles. The van der Waals surface area contributed by atoms with Gasteiger partial charge in [-0.25, -0.2) is 0 Å². The lowest BCUT2D eigenvalue weighted by Gasteiger charge is -2.22. The fourth-order valence-electron chi connectivity index (χ4n) is 2.18. The number of carbonyl (C=O) groups is 1. The highest BCUT2D eigenvalue weighted by atomic mass is 16.1. The molecule has 0 aliphatic carbocycles. The van der Waals surface area contributed by atoms with Crippen molar-refractivity contribution >= 4 is 5.78 Å². The van der Waals surface area contributed by atoms with Gasteiger partial charge < -0.3 is 5.73 Å². The van der Waals surface area contributed by atoms with Gasteiger partial charge in [0.1, 0.15) is 5.78 Å². The molecule has 0 rings (SSSR count). The van der Waals surface area contributed by atoms with Crippen molar-refractivity contribution < 1.29 is 4.79 Å². The van der Waals surface area contributed by atoms with Gasteiger partial charge in [-0.3, -0.25) is 4.79 Å². The highest BCUT2D eigenvalue weighted by Crippen LogP contribution is 2.21. The average Bonchev–Trinajstić information content (AvgIpc) is 2.14. The summed E-state index contributed by atoms with van der Waals surface area (Å²) < 4.78 is 0. The van der Waals surface area contributed by atoms with Crippen molar-refractivity contribution in [3.63, 3.8) is 0 Å². The van der Waals surface area contributed by atoms with Gasteiger partial charge in [0, 0.05) is 18.9 Å². The van der Waals surface area contributed by atoms with Gasteiger partial charge in [-0.1, -0.05) is 53.4 Å². The molecular weight excluding hydrogens is 210 g/mol. The third-order valence-corrected chi connectivity index (χ3v) is 2.92. The first-order valence-corrected chi connectivity index (χ1v) is 7.12. The average molecular weight is 241 g/mol. The Bertz CT molecular complexity index is 205. The molecule has 0 aromatic heterocycles. The predicted octanol–water partition coefficient (Wildman–Crippen LogP) is 4.07. The Morgan fingerprint density at radius 1 is 1.12 bits per heavy atom. The highest BCUT2D eigenvalue weighted by molar-refractivity contribution is 5.78. The van der Waals surface area contributed by atoms with Crippen molar-refractivity contribution in [3.05, 3.63) is 0 Å². The Balaban J connectivity index is 3.58. The van der Waals surface area contributed by atoms with Gasteiger partial charge in [0.15, 0.2) is 0 Å². The van der Waals surface area contributed by atoms with Crippen LogP contribution in [0.5, 0.6) is 0 Å². The lowest BCUT2D eigenvalue weighted by molar-refractivity contribution is -0.119. The molecule has 0 heterocycles. The van der Waals surface area contributed by atoms with Crippen molar-refractivity contribution in [2.75, 3.05) is 0 Å². The summed E-state index contributed by atoms with van der Waals surface area (Å²) in [6.07, 6.45) is 8.25. The molecule has 0 aromatic carbocycles. The monoisotopic (exact) mass is 241 g/mol. The molecule has 17 heavy (non-hydrogen) atoms. The maximum atomic E-state index is 11.7. The van der Waals surface area contributed by atoms with E-state index in [0.29, 0.717) is 12.2 Å². The van der Waals surface area contributed by atoms with E-state index in [9.17, 15) is 4.79 Å². The molecule has 0 fully saturated rings. The number of unbranched alkanes of at least 4 members (excludes halogenated alkanes) is 4. The fourth-order valence-corrected chi connectivity index (χ4v) is 2.18. The van der Waals surface area contributed by atoms with E-state index in [2.05, 4.69) is 27.7 Å². The SMILES string of the molecule is CCCCCCCC(=O)CC(N)CC(C)(C)C. The molecule has 1 unspecified atom stereocenters. The number of Topliss-reactive ketones (excluding diaryl/α,β-unsaturated/α-hetero) is 1. The summed E-state index contributed by atoms with van der Waals surface area (Å²) in [6.45, 7) is 8.71. The lowest BCUT2D eigenvalue weighted by atomic mass is 9.86. The second kappa shape index (κ2) is 8.68. The van der Waals surface area contributed by atoms with Crippen molar-refractivity contribution in [2.45, 2.75) is 85.1 Å². The van der Waals surface area contributed by atoms with Crippen LogP contribution in [0.1, 0.15) is 79.1 Å². The van der Waals surface area contributed by atoms with Crippen molar-refractivity contribution in [1.29, 1.82) is 0 Å². The smallest absolute Gasteiger partial charge is 0.134 e. The quantitative estimate of drug-likeness (QED) is 0.618. The zero-order valence-corrected chi connectivity index (χ0v) is 12.2.